The molecule has 0 bridgehead atoms. The normalized spacial score (nSPS) is 8.29. The van der Waals surface area contributed by atoms with E-state index in [4.69, 9.17) is 15.9 Å². The molecule has 0 aliphatic heterocycles. The quantitative estimate of drug-likeness (QED) is 0.518. The standard InChI is InChI=1S/Cr.Cu.2H2O.2O.Zn/h;;2*1H2;;;/q+2;;;;;;/p-2. The van der Waals surface area contributed by atoms with Gasteiger partial charge in [0, 0.05) is 36.5 Å². The van der Waals surface area contributed by atoms with E-state index >= 15 is 0 Å². The van der Waals surface area contributed by atoms with Crippen LogP contribution in [0.15, 0.2) is 0 Å². The Morgan fingerprint density at radius 2 is 1.14 bits per heavy atom. The molecule has 0 saturated carbocycles. The molecule has 0 atom stereocenters. The molecule has 0 fully saturated rings. The second-order valence-electron chi connectivity index (χ2n) is 0.448. The third-order valence-corrected chi connectivity index (χ3v) is 0. The molecule has 7 heteroatoms. The van der Waals surface area contributed by atoms with Gasteiger partial charge in [0.05, 0.1) is 0 Å². The molecule has 45 valence electrons. The SMILES string of the molecule is [Cu].[O]=[Cr](=[O])([OH])[OH].[Zn]. The Morgan fingerprint density at radius 3 is 1.14 bits per heavy atom. The molecular weight excluding hydrogens is 245 g/mol. The van der Waals surface area contributed by atoms with Crippen LogP contribution in [-0.4, -0.2) is 8.32 Å². The zero-order valence-corrected chi connectivity index (χ0v) is 8.31. The molecule has 0 rings (SSSR count). The summed E-state index contributed by atoms with van der Waals surface area (Å²) < 4.78 is 31.9. The molecule has 4 nitrogen and oxygen atoms in total. The third-order valence-electron chi connectivity index (χ3n) is 0. The molecule has 2 N–H and O–H groups in total. The average molecular weight is 247 g/mol. The Labute approximate surface area is 65.9 Å². The first-order chi connectivity index (χ1) is 2.00. The maximum Gasteiger partial charge on any atom is 0 e. The summed E-state index contributed by atoms with van der Waals surface area (Å²) in [6.45, 7) is 0. The van der Waals surface area contributed by atoms with E-state index in [1.807, 2.05) is 0 Å². The van der Waals surface area contributed by atoms with E-state index in [1.165, 1.54) is 0 Å². The predicted octanol–water partition coefficient (Wildman–Crippen LogP) is -1.36. The molecule has 0 spiro atoms. The van der Waals surface area contributed by atoms with E-state index in [2.05, 4.69) is 0 Å². The second kappa shape index (κ2) is 5.33. The maximum absolute atomic E-state index is 8.82. The van der Waals surface area contributed by atoms with Gasteiger partial charge in [0.25, 0.3) is 0 Å². The van der Waals surface area contributed by atoms with Gasteiger partial charge in [-0.05, 0) is 0 Å². The van der Waals surface area contributed by atoms with E-state index in [9.17, 15) is 0 Å². The fraction of sp³-hybridized carbons (Fsp3) is 0. The molecule has 0 aromatic rings. The van der Waals surface area contributed by atoms with Crippen LogP contribution in [0, 0.1) is 0 Å². The molecule has 1 radical (unpaired) electrons. The van der Waals surface area contributed by atoms with Crippen molar-refractivity contribution in [2.75, 3.05) is 0 Å². The Morgan fingerprint density at radius 1 is 1.14 bits per heavy atom. The van der Waals surface area contributed by atoms with Crippen LogP contribution in [0.2, 0.25) is 0 Å². The average Bonchev–Trinajstić information content (AvgIpc) is 0.722. The first kappa shape index (κ1) is 15.7. The number of hydrogen-bond acceptors (Lipinski definition) is 2. The van der Waals surface area contributed by atoms with Gasteiger partial charge in [0.1, 0.15) is 0 Å². The Hall–Kier alpha value is 1.20. The Balaban J connectivity index is -0.0000000800. The fourth-order valence-corrected chi connectivity index (χ4v) is 0. The van der Waals surface area contributed by atoms with Gasteiger partial charge in [0.2, 0.25) is 0 Å². The summed E-state index contributed by atoms with van der Waals surface area (Å²) in [5.41, 5.74) is 0. The van der Waals surface area contributed by atoms with Crippen molar-refractivity contribution in [2.24, 2.45) is 0 Å². The molecule has 0 amide bonds. The first-order valence-corrected chi connectivity index (χ1v) is 2.88. The van der Waals surface area contributed by atoms with Gasteiger partial charge < -0.3 is 0 Å². The summed E-state index contributed by atoms with van der Waals surface area (Å²) in [7, 11) is 0. The van der Waals surface area contributed by atoms with Gasteiger partial charge in [-0.25, -0.2) is 0 Å². The molecular formula is H2CrCuO4Zn. The zero-order chi connectivity index (χ0) is 4.50. The smallest absolute Gasteiger partial charge is 0 e. The van der Waals surface area contributed by atoms with Crippen LogP contribution >= 0.6 is 0 Å². The molecule has 0 aliphatic rings. The van der Waals surface area contributed by atoms with Crippen LogP contribution in [0.4, 0.5) is 0 Å². The van der Waals surface area contributed by atoms with Gasteiger partial charge in [0.15, 0.2) is 0 Å². The second-order valence-corrected chi connectivity index (χ2v) is 1.85. The minimum atomic E-state index is -5.25. The Bertz CT molecular complexity index is 94.9. The molecule has 0 saturated heterocycles. The summed E-state index contributed by atoms with van der Waals surface area (Å²) in [5, 5.41) is 0. The van der Waals surface area contributed by atoms with Crippen molar-refractivity contribution in [3.63, 3.8) is 0 Å². The van der Waals surface area contributed by atoms with Crippen molar-refractivity contribution in [3.8, 4) is 0 Å². The van der Waals surface area contributed by atoms with Gasteiger partial charge in [-0.15, -0.1) is 0 Å². The number of rotatable bonds is 0. The first-order valence-electron chi connectivity index (χ1n) is 0.698. The predicted molar refractivity (Wildman–Crippen MR) is 5.81 cm³/mol. The van der Waals surface area contributed by atoms with Gasteiger partial charge in [-0.3, -0.25) is 0 Å². The van der Waals surface area contributed by atoms with Gasteiger partial charge in [-0.2, -0.15) is 0 Å². The summed E-state index contributed by atoms with van der Waals surface area (Å²) in [4.78, 5) is 0. The van der Waals surface area contributed by atoms with Crippen LogP contribution in [-0.2, 0) is 57.8 Å². The molecule has 0 heterocycles. The van der Waals surface area contributed by atoms with E-state index < -0.39 is 13.6 Å². The molecule has 0 unspecified atom stereocenters. The van der Waals surface area contributed by atoms with Crippen molar-refractivity contribution < 1.29 is 66.1 Å². The van der Waals surface area contributed by atoms with E-state index in [1.54, 1.807) is 0 Å². The van der Waals surface area contributed by atoms with Crippen molar-refractivity contribution in [1.82, 2.24) is 0 Å². The van der Waals surface area contributed by atoms with E-state index in [0.29, 0.717) is 0 Å². The van der Waals surface area contributed by atoms with Crippen LogP contribution in [0.1, 0.15) is 0 Å². The third kappa shape index (κ3) is 136. The molecule has 0 aromatic heterocycles. The van der Waals surface area contributed by atoms with Crippen LogP contribution in [0.25, 0.3) is 0 Å². The van der Waals surface area contributed by atoms with Crippen molar-refractivity contribution >= 4 is 0 Å². The van der Waals surface area contributed by atoms with E-state index in [-0.39, 0.29) is 36.5 Å². The van der Waals surface area contributed by atoms with Crippen LogP contribution < -0.4 is 0 Å². The topological polar surface area (TPSA) is 74.6 Å². The summed E-state index contributed by atoms with van der Waals surface area (Å²) in [5.74, 6) is 0. The van der Waals surface area contributed by atoms with Crippen LogP contribution in [0.3, 0.4) is 0 Å². The summed E-state index contributed by atoms with van der Waals surface area (Å²) in [6.07, 6.45) is 0. The van der Waals surface area contributed by atoms with Crippen molar-refractivity contribution in [1.29, 1.82) is 0 Å². The monoisotopic (exact) mass is 245 g/mol. The van der Waals surface area contributed by atoms with Gasteiger partial charge in [-0.1, -0.05) is 0 Å². The van der Waals surface area contributed by atoms with Gasteiger partial charge >= 0.3 is 29.5 Å². The van der Waals surface area contributed by atoms with Crippen molar-refractivity contribution in [3.05, 3.63) is 0 Å². The summed E-state index contributed by atoms with van der Waals surface area (Å²) in [6, 6.07) is 0. The Kier molecular flexibility index (Phi) is 12.0. The summed E-state index contributed by atoms with van der Waals surface area (Å²) >= 11 is -5.25. The minimum absolute atomic E-state index is 0. The molecule has 0 aliphatic carbocycles. The maximum atomic E-state index is 8.82. The number of hydrogen-bond donors (Lipinski definition) is 2. The zero-order valence-electron chi connectivity index (χ0n) is 3.13. The van der Waals surface area contributed by atoms with Crippen molar-refractivity contribution in [2.45, 2.75) is 0 Å². The largest absolute Gasteiger partial charge is 0 e. The molecule has 7 heavy (non-hydrogen) atoms. The minimum Gasteiger partial charge on any atom is 0 e. The van der Waals surface area contributed by atoms with E-state index in [0.717, 1.165) is 0 Å². The fourth-order valence-electron chi connectivity index (χ4n) is 0. The van der Waals surface area contributed by atoms with Crippen LogP contribution in [0.5, 0.6) is 0 Å². The molecule has 0 aromatic carbocycles.